The summed E-state index contributed by atoms with van der Waals surface area (Å²) in [4.78, 5) is 14.3. The fourth-order valence-electron chi connectivity index (χ4n) is 2.71. The number of nitrogens with two attached hydrogens (primary N) is 1. The molecule has 2 N–H and O–H groups in total. The van der Waals surface area contributed by atoms with E-state index in [1.54, 1.807) is 12.0 Å². The Morgan fingerprint density at radius 3 is 2.57 bits per heavy atom. The number of nitrogens with zero attached hydrogens (tertiary/aromatic N) is 1. The van der Waals surface area contributed by atoms with E-state index >= 15 is 0 Å². The number of piperidine rings is 1. The van der Waals surface area contributed by atoms with E-state index in [9.17, 15) is 4.79 Å². The van der Waals surface area contributed by atoms with Crippen LogP contribution in [0.3, 0.4) is 0 Å². The maximum absolute atomic E-state index is 12.5. The van der Waals surface area contributed by atoms with Crippen LogP contribution in [0.1, 0.15) is 47.0 Å². The molecular formula is C15H30N2O4. The van der Waals surface area contributed by atoms with Crippen molar-refractivity contribution in [3.63, 3.8) is 0 Å². The van der Waals surface area contributed by atoms with Crippen molar-refractivity contribution in [2.75, 3.05) is 20.4 Å². The lowest BCUT2D eigenvalue weighted by atomic mass is 9.93. The van der Waals surface area contributed by atoms with Gasteiger partial charge in [0.05, 0.1) is 12.1 Å². The van der Waals surface area contributed by atoms with E-state index in [4.69, 9.17) is 19.9 Å². The van der Waals surface area contributed by atoms with Gasteiger partial charge in [0.2, 0.25) is 0 Å². The highest BCUT2D eigenvalue weighted by molar-refractivity contribution is 5.69. The molecule has 0 aromatic rings. The summed E-state index contributed by atoms with van der Waals surface area (Å²) in [6, 6.07) is 0.0579. The number of amides is 1. The van der Waals surface area contributed by atoms with Crippen LogP contribution in [-0.4, -0.2) is 55.2 Å². The molecule has 0 radical (unpaired) electrons. The molecule has 0 aromatic carbocycles. The van der Waals surface area contributed by atoms with Gasteiger partial charge in [-0.05, 0) is 47.0 Å². The third-order valence-corrected chi connectivity index (χ3v) is 3.62. The van der Waals surface area contributed by atoms with E-state index < -0.39 is 5.60 Å². The van der Waals surface area contributed by atoms with E-state index in [-0.39, 0.29) is 31.1 Å². The molecule has 1 aliphatic rings. The predicted molar refractivity (Wildman–Crippen MR) is 81.0 cm³/mol. The van der Waals surface area contributed by atoms with Crippen LogP contribution in [0.4, 0.5) is 4.79 Å². The minimum atomic E-state index is -0.510. The zero-order chi connectivity index (χ0) is 16.0. The summed E-state index contributed by atoms with van der Waals surface area (Å²) in [5.41, 5.74) is 5.31. The Labute approximate surface area is 127 Å². The first kappa shape index (κ1) is 18.2. The van der Waals surface area contributed by atoms with Gasteiger partial charge in [0.25, 0.3) is 0 Å². The summed E-state index contributed by atoms with van der Waals surface area (Å²) in [7, 11) is 1.57. The topological polar surface area (TPSA) is 74.0 Å². The average molecular weight is 302 g/mol. The van der Waals surface area contributed by atoms with Crippen molar-refractivity contribution in [1.29, 1.82) is 0 Å². The molecule has 0 spiro atoms. The van der Waals surface area contributed by atoms with Crippen molar-refractivity contribution in [2.24, 2.45) is 5.73 Å². The molecule has 0 bridgehead atoms. The molecule has 0 unspecified atom stereocenters. The highest BCUT2D eigenvalue weighted by Crippen LogP contribution is 2.28. The largest absolute Gasteiger partial charge is 0.444 e. The van der Waals surface area contributed by atoms with Gasteiger partial charge >= 0.3 is 6.09 Å². The number of methoxy groups -OCH3 is 1. The van der Waals surface area contributed by atoms with E-state index in [0.29, 0.717) is 6.54 Å². The van der Waals surface area contributed by atoms with Crippen LogP contribution >= 0.6 is 0 Å². The van der Waals surface area contributed by atoms with Gasteiger partial charge in [0, 0.05) is 19.7 Å². The van der Waals surface area contributed by atoms with Gasteiger partial charge in [-0.3, -0.25) is 4.90 Å². The molecule has 1 rings (SSSR count). The quantitative estimate of drug-likeness (QED) is 0.787. The maximum Gasteiger partial charge on any atom is 0.410 e. The number of hydrogen-bond acceptors (Lipinski definition) is 5. The second-order valence-electron chi connectivity index (χ2n) is 6.58. The summed E-state index contributed by atoms with van der Waals surface area (Å²) in [6.07, 6.45) is 2.36. The maximum atomic E-state index is 12.5. The van der Waals surface area contributed by atoms with Gasteiger partial charge in [-0.1, -0.05) is 0 Å². The fraction of sp³-hybridized carbons (Fsp3) is 0.933. The molecule has 1 aliphatic heterocycles. The monoisotopic (exact) mass is 302 g/mol. The van der Waals surface area contributed by atoms with Gasteiger partial charge in [0.15, 0.2) is 0 Å². The van der Waals surface area contributed by atoms with Crippen molar-refractivity contribution in [1.82, 2.24) is 4.90 Å². The van der Waals surface area contributed by atoms with E-state index in [0.717, 1.165) is 19.3 Å². The Hall–Kier alpha value is -0.850. The SMILES string of the molecule is COCO[C@@H](CN)[C@H]1CCC[C@H](C)N1C(=O)OC(C)(C)C. The van der Waals surface area contributed by atoms with Gasteiger partial charge in [-0.15, -0.1) is 0 Å². The number of ether oxygens (including phenoxy) is 3. The van der Waals surface area contributed by atoms with Gasteiger partial charge in [-0.25, -0.2) is 4.79 Å². The Morgan fingerprint density at radius 1 is 1.38 bits per heavy atom. The highest BCUT2D eigenvalue weighted by atomic mass is 16.7. The van der Waals surface area contributed by atoms with E-state index in [1.807, 2.05) is 27.7 Å². The molecule has 6 heteroatoms. The van der Waals surface area contributed by atoms with Gasteiger partial charge in [-0.2, -0.15) is 0 Å². The molecule has 0 aromatic heterocycles. The van der Waals surface area contributed by atoms with Crippen LogP contribution in [0.2, 0.25) is 0 Å². The van der Waals surface area contributed by atoms with Crippen LogP contribution in [0.15, 0.2) is 0 Å². The standard InChI is InChI=1S/C15H30N2O4/c1-11-7-6-8-12(13(9-16)20-10-19-5)17(11)14(18)21-15(2,3)4/h11-13H,6-10,16H2,1-5H3/t11-,12+,13-/m0/s1. The van der Waals surface area contributed by atoms with Crippen molar-refractivity contribution >= 4 is 6.09 Å². The Morgan fingerprint density at radius 2 is 2.05 bits per heavy atom. The number of carbonyl (C=O) groups excluding carboxylic acids is 1. The number of likely N-dealkylation sites (tertiary alicyclic amines) is 1. The van der Waals surface area contributed by atoms with Crippen molar-refractivity contribution in [2.45, 2.75) is 70.7 Å². The third kappa shape index (κ3) is 5.45. The zero-order valence-electron chi connectivity index (χ0n) is 13.9. The number of hydrogen-bond donors (Lipinski definition) is 1. The van der Waals surface area contributed by atoms with Gasteiger partial charge in [0.1, 0.15) is 12.4 Å². The average Bonchev–Trinajstić information content (AvgIpc) is 2.37. The molecular weight excluding hydrogens is 272 g/mol. The third-order valence-electron chi connectivity index (χ3n) is 3.62. The van der Waals surface area contributed by atoms with Crippen LogP contribution in [0, 0.1) is 0 Å². The first-order valence-electron chi connectivity index (χ1n) is 7.62. The van der Waals surface area contributed by atoms with Gasteiger partial charge < -0.3 is 19.9 Å². The van der Waals surface area contributed by atoms with Crippen LogP contribution in [-0.2, 0) is 14.2 Å². The molecule has 1 amide bonds. The molecule has 0 aliphatic carbocycles. The van der Waals surface area contributed by atoms with Crippen molar-refractivity contribution < 1.29 is 19.0 Å². The second-order valence-corrected chi connectivity index (χ2v) is 6.58. The first-order valence-corrected chi connectivity index (χ1v) is 7.62. The molecule has 1 fully saturated rings. The summed E-state index contributed by atoms with van der Waals surface area (Å²) in [6.45, 7) is 8.18. The Balaban J connectivity index is 2.84. The summed E-state index contributed by atoms with van der Waals surface area (Å²) in [5.74, 6) is 0. The minimum Gasteiger partial charge on any atom is -0.444 e. The molecule has 124 valence electrons. The smallest absolute Gasteiger partial charge is 0.410 e. The fourth-order valence-corrected chi connectivity index (χ4v) is 2.71. The predicted octanol–water partition coefficient (Wildman–Crippen LogP) is 2.11. The summed E-state index contributed by atoms with van der Waals surface area (Å²) >= 11 is 0. The molecule has 0 saturated carbocycles. The van der Waals surface area contributed by atoms with Crippen LogP contribution in [0.25, 0.3) is 0 Å². The Kier molecular flexibility index (Phi) is 6.90. The lowest BCUT2D eigenvalue weighted by Crippen LogP contribution is -2.57. The zero-order valence-corrected chi connectivity index (χ0v) is 13.9. The van der Waals surface area contributed by atoms with Crippen LogP contribution < -0.4 is 5.73 Å². The number of carbonyl (C=O) groups is 1. The second kappa shape index (κ2) is 7.96. The lowest BCUT2D eigenvalue weighted by Gasteiger charge is -2.43. The normalized spacial score (nSPS) is 24.8. The first-order chi connectivity index (χ1) is 9.80. The molecule has 1 saturated heterocycles. The van der Waals surface area contributed by atoms with Crippen molar-refractivity contribution in [3.05, 3.63) is 0 Å². The number of rotatable bonds is 5. The molecule has 1 heterocycles. The lowest BCUT2D eigenvalue weighted by molar-refractivity contribution is -0.107. The van der Waals surface area contributed by atoms with E-state index in [2.05, 4.69) is 0 Å². The van der Waals surface area contributed by atoms with Crippen molar-refractivity contribution in [3.8, 4) is 0 Å². The molecule has 21 heavy (non-hydrogen) atoms. The Bertz CT molecular complexity index is 330. The van der Waals surface area contributed by atoms with Crippen LogP contribution in [0.5, 0.6) is 0 Å². The summed E-state index contributed by atoms with van der Waals surface area (Å²) < 4.78 is 16.1. The molecule has 3 atom stereocenters. The minimum absolute atomic E-state index is 0.0660. The highest BCUT2D eigenvalue weighted by Gasteiger charge is 2.38. The summed E-state index contributed by atoms with van der Waals surface area (Å²) in [5, 5.41) is 0. The van der Waals surface area contributed by atoms with E-state index in [1.165, 1.54) is 0 Å². The molecule has 6 nitrogen and oxygen atoms in total.